The maximum absolute atomic E-state index is 13.0. The molecule has 0 aromatic heterocycles. The number of ether oxygens (including phenoxy) is 2. The van der Waals surface area contributed by atoms with E-state index in [4.69, 9.17) is 9.47 Å². The minimum Gasteiger partial charge on any atom is -0.493 e. The molecule has 8 heteroatoms. The molecule has 33 heavy (non-hydrogen) atoms. The smallest absolute Gasteiger partial charge is 0.335 e. The highest BCUT2D eigenvalue weighted by atomic mass is 127. The molecule has 0 unspecified atom stereocenters. The Morgan fingerprint density at radius 1 is 0.970 bits per heavy atom. The van der Waals surface area contributed by atoms with Gasteiger partial charge in [-0.2, -0.15) is 0 Å². The maximum Gasteiger partial charge on any atom is 0.335 e. The summed E-state index contributed by atoms with van der Waals surface area (Å²) in [5.41, 5.74) is 1.78. The molecule has 1 aliphatic heterocycles. The standard InChI is InChI=1S/C25H19IN2O5/c1-32-21-14-17(13-20(26)22(21)33-15-16-8-4-2-5-9-16)12-19-23(29)27-25(31)28(24(19)30)18-10-6-3-7-11-18/h2-14H,15H2,1H3,(H,27,29,31)/b19-12+. The molecular weight excluding hydrogens is 535 g/mol. The van der Waals surface area contributed by atoms with E-state index in [1.165, 1.54) is 13.2 Å². The second kappa shape index (κ2) is 9.86. The van der Waals surface area contributed by atoms with Gasteiger partial charge in [0.25, 0.3) is 11.8 Å². The molecule has 0 radical (unpaired) electrons. The highest BCUT2D eigenvalue weighted by molar-refractivity contribution is 14.1. The number of para-hydroxylation sites is 1. The third-order valence-electron chi connectivity index (χ3n) is 4.90. The van der Waals surface area contributed by atoms with E-state index >= 15 is 0 Å². The number of anilines is 1. The number of benzene rings is 3. The number of carbonyl (C=O) groups excluding carboxylic acids is 3. The van der Waals surface area contributed by atoms with Crippen molar-refractivity contribution in [2.45, 2.75) is 6.61 Å². The van der Waals surface area contributed by atoms with Crippen LogP contribution < -0.4 is 19.7 Å². The van der Waals surface area contributed by atoms with Gasteiger partial charge >= 0.3 is 6.03 Å². The monoisotopic (exact) mass is 554 g/mol. The first-order valence-electron chi connectivity index (χ1n) is 9.98. The van der Waals surface area contributed by atoms with Crippen molar-refractivity contribution in [3.63, 3.8) is 0 Å². The molecule has 4 rings (SSSR count). The van der Waals surface area contributed by atoms with Crippen LogP contribution in [0.25, 0.3) is 6.08 Å². The Bertz CT molecular complexity index is 1240. The number of hydrogen-bond donors (Lipinski definition) is 1. The number of amides is 4. The van der Waals surface area contributed by atoms with E-state index in [-0.39, 0.29) is 5.57 Å². The summed E-state index contributed by atoms with van der Waals surface area (Å²) in [6.07, 6.45) is 1.44. The highest BCUT2D eigenvalue weighted by Gasteiger charge is 2.36. The van der Waals surface area contributed by atoms with E-state index < -0.39 is 17.8 Å². The number of hydrogen-bond acceptors (Lipinski definition) is 5. The zero-order valence-corrected chi connectivity index (χ0v) is 19.7. The van der Waals surface area contributed by atoms with E-state index in [0.717, 1.165) is 14.0 Å². The zero-order chi connectivity index (χ0) is 23.4. The molecule has 0 atom stereocenters. The van der Waals surface area contributed by atoms with Crippen molar-refractivity contribution in [1.29, 1.82) is 0 Å². The summed E-state index contributed by atoms with van der Waals surface area (Å²) in [5.74, 6) is -0.433. The third kappa shape index (κ3) is 4.90. The van der Waals surface area contributed by atoms with E-state index in [2.05, 4.69) is 27.9 Å². The number of nitrogens with one attached hydrogen (secondary N) is 1. The molecule has 7 nitrogen and oxygen atoms in total. The molecular formula is C25H19IN2O5. The molecule has 1 N–H and O–H groups in total. The van der Waals surface area contributed by atoms with E-state index in [9.17, 15) is 14.4 Å². The molecule has 0 saturated carbocycles. The number of carbonyl (C=O) groups is 3. The summed E-state index contributed by atoms with van der Waals surface area (Å²) in [6.45, 7) is 0.364. The largest absolute Gasteiger partial charge is 0.493 e. The van der Waals surface area contributed by atoms with Crippen molar-refractivity contribution in [2.24, 2.45) is 0 Å². The fraction of sp³-hybridized carbons (Fsp3) is 0.0800. The molecule has 1 heterocycles. The SMILES string of the molecule is COc1cc(/C=C2\C(=O)NC(=O)N(c3ccccc3)C2=O)cc(I)c1OCc1ccccc1. The maximum atomic E-state index is 13.0. The van der Waals surface area contributed by atoms with Gasteiger partial charge in [-0.05, 0) is 64.1 Å². The molecule has 166 valence electrons. The Balaban J connectivity index is 1.64. The number of nitrogens with zero attached hydrogens (tertiary/aromatic N) is 1. The van der Waals surface area contributed by atoms with Crippen molar-refractivity contribution in [2.75, 3.05) is 12.0 Å². The lowest BCUT2D eigenvalue weighted by molar-refractivity contribution is -0.122. The summed E-state index contributed by atoms with van der Waals surface area (Å²) in [6, 6.07) is 20.8. The number of barbiturate groups is 1. The van der Waals surface area contributed by atoms with Gasteiger partial charge < -0.3 is 9.47 Å². The van der Waals surface area contributed by atoms with Crippen molar-refractivity contribution in [3.8, 4) is 11.5 Å². The van der Waals surface area contributed by atoms with Crippen LogP contribution in [0.2, 0.25) is 0 Å². The number of methoxy groups -OCH3 is 1. The molecule has 0 bridgehead atoms. The summed E-state index contributed by atoms with van der Waals surface area (Å²) in [5, 5.41) is 2.22. The Morgan fingerprint density at radius 2 is 1.64 bits per heavy atom. The van der Waals surface area contributed by atoms with Crippen molar-refractivity contribution in [1.82, 2.24) is 5.32 Å². The first kappa shape index (κ1) is 22.5. The van der Waals surface area contributed by atoms with E-state index in [0.29, 0.717) is 29.4 Å². The fourth-order valence-corrected chi connectivity index (χ4v) is 4.11. The van der Waals surface area contributed by atoms with Gasteiger partial charge in [-0.1, -0.05) is 48.5 Å². The number of imide groups is 2. The van der Waals surface area contributed by atoms with Gasteiger partial charge in [0, 0.05) is 0 Å². The molecule has 4 amide bonds. The van der Waals surface area contributed by atoms with Crippen LogP contribution in [0.4, 0.5) is 10.5 Å². The van der Waals surface area contributed by atoms with Crippen molar-refractivity contribution in [3.05, 3.63) is 93.1 Å². The topological polar surface area (TPSA) is 84.9 Å². The predicted molar refractivity (Wildman–Crippen MR) is 132 cm³/mol. The Kier molecular flexibility index (Phi) is 6.74. The molecule has 3 aromatic rings. The summed E-state index contributed by atoms with van der Waals surface area (Å²) in [7, 11) is 1.52. The molecule has 1 saturated heterocycles. The van der Waals surface area contributed by atoms with Crippen LogP contribution in [0.15, 0.2) is 78.4 Å². The van der Waals surface area contributed by atoms with Crippen LogP contribution in [0.1, 0.15) is 11.1 Å². The van der Waals surface area contributed by atoms with Crippen LogP contribution in [0.5, 0.6) is 11.5 Å². The normalized spacial score (nSPS) is 14.9. The van der Waals surface area contributed by atoms with Crippen LogP contribution >= 0.6 is 22.6 Å². The molecule has 1 aliphatic rings. The quantitative estimate of drug-likeness (QED) is 0.275. The summed E-state index contributed by atoms with van der Waals surface area (Å²) >= 11 is 2.11. The summed E-state index contributed by atoms with van der Waals surface area (Å²) < 4.78 is 12.2. The summed E-state index contributed by atoms with van der Waals surface area (Å²) in [4.78, 5) is 38.7. The van der Waals surface area contributed by atoms with E-state index in [1.807, 2.05) is 30.3 Å². The molecule has 1 fully saturated rings. The Morgan fingerprint density at radius 3 is 2.30 bits per heavy atom. The third-order valence-corrected chi connectivity index (χ3v) is 5.71. The van der Waals surface area contributed by atoms with Crippen LogP contribution in [-0.4, -0.2) is 25.0 Å². The average molecular weight is 554 g/mol. The van der Waals surface area contributed by atoms with Gasteiger partial charge in [0.05, 0.1) is 16.4 Å². The van der Waals surface area contributed by atoms with Crippen LogP contribution in [0.3, 0.4) is 0 Å². The van der Waals surface area contributed by atoms with Crippen LogP contribution in [-0.2, 0) is 16.2 Å². The van der Waals surface area contributed by atoms with Gasteiger partial charge in [-0.3, -0.25) is 14.9 Å². The van der Waals surface area contributed by atoms with Gasteiger partial charge in [0.1, 0.15) is 12.2 Å². The fourth-order valence-electron chi connectivity index (χ4n) is 3.33. The molecule has 0 aliphatic carbocycles. The first-order valence-corrected chi connectivity index (χ1v) is 11.1. The number of urea groups is 1. The van der Waals surface area contributed by atoms with Gasteiger partial charge in [-0.25, -0.2) is 9.69 Å². The lowest BCUT2D eigenvalue weighted by Gasteiger charge is -2.26. The van der Waals surface area contributed by atoms with Crippen molar-refractivity contribution < 1.29 is 23.9 Å². The molecule has 3 aromatic carbocycles. The number of halogens is 1. The first-order chi connectivity index (χ1) is 16.0. The number of rotatable bonds is 6. The minimum atomic E-state index is -0.787. The Hall–Kier alpha value is -3.66. The molecule has 0 spiro atoms. The van der Waals surface area contributed by atoms with Gasteiger partial charge in [-0.15, -0.1) is 0 Å². The van der Waals surface area contributed by atoms with Gasteiger partial charge in [0.2, 0.25) is 0 Å². The second-order valence-corrected chi connectivity index (χ2v) is 8.26. The van der Waals surface area contributed by atoms with E-state index in [1.54, 1.807) is 42.5 Å². The highest BCUT2D eigenvalue weighted by Crippen LogP contribution is 2.35. The average Bonchev–Trinajstić information content (AvgIpc) is 2.82. The van der Waals surface area contributed by atoms with Crippen molar-refractivity contribution >= 4 is 52.2 Å². The second-order valence-electron chi connectivity index (χ2n) is 7.10. The van der Waals surface area contributed by atoms with Gasteiger partial charge in [0.15, 0.2) is 11.5 Å². The lowest BCUT2D eigenvalue weighted by Crippen LogP contribution is -2.54. The zero-order valence-electron chi connectivity index (χ0n) is 17.6. The lowest BCUT2D eigenvalue weighted by atomic mass is 10.1. The Labute approximate surface area is 204 Å². The van der Waals surface area contributed by atoms with Crippen LogP contribution in [0, 0.1) is 3.57 Å². The predicted octanol–water partition coefficient (Wildman–Crippen LogP) is 4.55. The minimum absolute atomic E-state index is 0.158.